The molecule has 226 valence electrons. The van der Waals surface area contributed by atoms with Crippen molar-refractivity contribution < 1.29 is 58.6 Å². The lowest BCUT2D eigenvalue weighted by Crippen LogP contribution is -2.31. The maximum atomic E-state index is 11.9. The Bertz CT molecular complexity index is 1310. The van der Waals surface area contributed by atoms with Crippen LogP contribution >= 0.6 is 0 Å². The van der Waals surface area contributed by atoms with Crippen LogP contribution < -0.4 is 9.47 Å². The van der Waals surface area contributed by atoms with Crippen LogP contribution in [0.3, 0.4) is 0 Å². The van der Waals surface area contributed by atoms with Gasteiger partial charge in [-0.2, -0.15) is 0 Å². The van der Waals surface area contributed by atoms with Gasteiger partial charge in [-0.1, -0.05) is 38.1 Å². The molecule has 12 nitrogen and oxygen atoms in total. The summed E-state index contributed by atoms with van der Waals surface area (Å²) in [5.74, 6) is -3.34. The first-order chi connectivity index (χ1) is 20.0. The van der Waals surface area contributed by atoms with E-state index in [1.54, 1.807) is 49.4 Å². The molecule has 4 atom stereocenters. The number of carbonyl (C=O) groups is 4. The molecule has 4 N–H and O–H groups in total. The van der Waals surface area contributed by atoms with E-state index in [0.717, 1.165) is 23.3 Å². The van der Waals surface area contributed by atoms with Gasteiger partial charge in [0.1, 0.15) is 0 Å². The molecule has 1 fully saturated rings. The highest BCUT2D eigenvalue weighted by molar-refractivity contribution is 6.04. The lowest BCUT2D eigenvalue weighted by Gasteiger charge is -2.27. The third kappa shape index (κ3) is 8.91. The summed E-state index contributed by atoms with van der Waals surface area (Å²) in [5, 5.41) is 37.2. The first-order valence-corrected chi connectivity index (χ1v) is 12.8. The summed E-state index contributed by atoms with van der Waals surface area (Å²) in [4.78, 5) is 43.3. The highest BCUT2D eigenvalue weighted by Crippen LogP contribution is 2.40. The van der Waals surface area contributed by atoms with Crippen LogP contribution in [0.5, 0.6) is 23.0 Å². The van der Waals surface area contributed by atoms with E-state index < -0.39 is 41.6 Å². The van der Waals surface area contributed by atoms with E-state index >= 15 is 0 Å². The van der Waals surface area contributed by atoms with E-state index in [9.17, 15) is 34.5 Å². The van der Waals surface area contributed by atoms with Crippen molar-refractivity contribution >= 4 is 30.0 Å². The van der Waals surface area contributed by atoms with Crippen LogP contribution in [0, 0.1) is 17.8 Å². The van der Waals surface area contributed by atoms with Gasteiger partial charge in [-0.05, 0) is 41.3 Å². The summed E-state index contributed by atoms with van der Waals surface area (Å²) in [6, 6.07) is 9.86. The van der Waals surface area contributed by atoms with E-state index in [0.29, 0.717) is 11.5 Å². The summed E-state index contributed by atoms with van der Waals surface area (Å²) in [7, 11) is 2.94. The van der Waals surface area contributed by atoms with Crippen molar-refractivity contribution in [3.05, 3.63) is 65.8 Å². The largest absolute Gasteiger partial charge is 0.504 e. The zero-order valence-corrected chi connectivity index (χ0v) is 23.6. The van der Waals surface area contributed by atoms with Crippen molar-refractivity contribution in [2.75, 3.05) is 27.4 Å². The standard InChI is InChI=1S/C16H20O6.C10H12O3.C4H2O3/c1-8(10-4-5-12(18)13(6-10)21-3)11(7-17)14-9(2)15(19)22-16(14)20;1-13-10-7-8(3-2-6-11)4-5-9(10)12;5-3-1-2-4(6)7-3/h4-6,8-9,11,14,17-18H,7H2,1-3H3;2-5,7,11-12H,6H2,1H3;1-2H/b;3-2+;. The minimum atomic E-state index is -0.674. The molecule has 0 spiro atoms. The summed E-state index contributed by atoms with van der Waals surface area (Å²) in [6.45, 7) is 3.24. The molecule has 0 radical (unpaired) electrons. The summed E-state index contributed by atoms with van der Waals surface area (Å²) >= 11 is 0. The molecule has 0 bridgehead atoms. The van der Waals surface area contributed by atoms with Crippen LogP contribution in [-0.4, -0.2) is 71.7 Å². The number of phenols is 2. The Morgan fingerprint density at radius 1 is 0.857 bits per heavy atom. The number of aliphatic hydroxyl groups excluding tert-OH is 2. The van der Waals surface area contributed by atoms with Gasteiger partial charge in [0.05, 0.1) is 32.7 Å². The highest BCUT2D eigenvalue weighted by atomic mass is 16.6. The van der Waals surface area contributed by atoms with E-state index in [1.807, 2.05) is 6.92 Å². The second-order valence-electron chi connectivity index (χ2n) is 9.21. The number of aromatic hydroxyl groups is 2. The molecule has 12 heteroatoms. The van der Waals surface area contributed by atoms with Crippen molar-refractivity contribution in [2.45, 2.75) is 19.8 Å². The van der Waals surface area contributed by atoms with Gasteiger partial charge in [0.25, 0.3) is 0 Å². The predicted octanol–water partition coefficient (Wildman–Crippen LogP) is 2.48. The van der Waals surface area contributed by atoms with Gasteiger partial charge < -0.3 is 39.4 Å². The first-order valence-electron chi connectivity index (χ1n) is 12.8. The Morgan fingerprint density at radius 2 is 1.43 bits per heavy atom. The average Bonchev–Trinajstić information content (AvgIpc) is 3.48. The van der Waals surface area contributed by atoms with Gasteiger partial charge in [0.2, 0.25) is 0 Å². The number of methoxy groups -OCH3 is 2. The third-order valence-corrected chi connectivity index (χ3v) is 6.60. The van der Waals surface area contributed by atoms with Crippen LogP contribution in [-0.2, 0) is 28.7 Å². The topological polar surface area (TPSA) is 186 Å². The normalized spacial score (nSPS) is 18.8. The molecule has 4 rings (SSSR count). The number of cyclic esters (lactones) is 4. The highest BCUT2D eigenvalue weighted by Gasteiger charge is 2.47. The van der Waals surface area contributed by atoms with Crippen molar-refractivity contribution in [3.63, 3.8) is 0 Å². The molecular formula is C30H34O12. The van der Waals surface area contributed by atoms with Gasteiger partial charge in [0, 0.05) is 24.7 Å². The number of rotatable bonds is 8. The van der Waals surface area contributed by atoms with Crippen molar-refractivity contribution in [1.29, 1.82) is 0 Å². The van der Waals surface area contributed by atoms with Gasteiger partial charge in [-0.15, -0.1) is 0 Å². The zero-order chi connectivity index (χ0) is 31.4. The number of hydrogen-bond donors (Lipinski definition) is 4. The van der Waals surface area contributed by atoms with Crippen LogP contribution in [0.1, 0.15) is 30.9 Å². The third-order valence-electron chi connectivity index (χ3n) is 6.60. The fourth-order valence-electron chi connectivity index (χ4n) is 4.25. The summed E-state index contributed by atoms with van der Waals surface area (Å²) < 4.78 is 18.6. The van der Waals surface area contributed by atoms with E-state index in [2.05, 4.69) is 9.47 Å². The molecule has 1 saturated heterocycles. The number of esters is 4. The van der Waals surface area contributed by atoms with Crippen LogP contribution in [0.25, 0.3) is 6.08 Å². The number of ether oxygens (including phenoxy) is 4. The van der Waals surface area contributed by atoms with Crippen molar-refractivity contribution in [2.24, 2.45) is 17.8 Å². The number of carbonyl (C=O) groups excluding carboxylic acids is 4. The number of hydrogen-bond acceptors (Lipinski definition) is 12. The Hall–Kier alpha value is -4.68. The Kier molecular flexibility index (Phi) is 12.7. The van der Waals surface area contributed by atoms with Gasteiger partial charge >= 0.3 is 23.9 Å². The van der Waals surface area contributed by atoms with Crippen molar-refractivity contribution in [1.82, 2.24) is 0 Å². The molecule has 0 aromatic heterocycles. The predicted molar refractivity (Wildman–Crippen MR) is 148 cm³/mol. The first kappa shape index (κ1) is 33.5. The number of benzene rings is 2. The second kappa shape index (κ2) is 15.9. The maximum absolute atomic E-state index is 11.9. The van der Waals surface area contributed by atoms with Gasteiger partial charge in [-0.25, -0.2) is 9.59 Å². The number of aliphatic hydroxyl groups is 2. The molecule has 0 amide bonds. The lowest BCUT2D eigenvalue weighted by molar-refractivity contribution is -0.155. The number of phenolic OH excluding ortho intramolecular Hbond substituents is 2. The molecule has 0 saturated carbocycles. The van der Waals surface area contributed by atoms with Crippen LogP contribution in [0.15, 0.2) is 54.6 Å². The molecule has 4 unspecified atom stereocenters. The zero-order valence-electron chi connectivity index (χ0n) is 23.6. The molecular weight excluding hydrogens is 552 g/mol. The average molecular weight is 587 g/mol. The van der Waals surface area contributed by atoms with E-state index in [1.165, 1.54) is 20.3 Å². The minimum absolute atomic E-state index is 0.00317. The smallest absolute Gasteiger partial charge is 0.338 e. The lowest BCUT2D eigenvalue weighted by atomic mass is 9.75. The van der Waals surface area contributed by atoms with Gasteiger partial charge in [-0.3, -0.25) is 9.59 Å². The molecule has 2 aromatic rings. The molecule has 2 heterocycles. The van der Waals surface area contributed by atoms with Crippen LogP contribution in [0.4, 0.5) is 0 Å². The SMILES string of the molecule is COc1cc(/C=C/CO)ccc1O.COc1cc(C(C)C(CO)C2C(=O)OC(=O)C2C)ccc1O.O=C1C=CC(=O)O1. The fourth-order valence-corrected chi connectivity index (χ4v) is 4.25. The summed E-state index contributed by atoms with van der Waals surface area (Å²) in [5.41, 5.74) is 1.68. The second-order valence-corrected chi connectivity index (χ2v) is 9.21. The van der Waals surface area contributed by atoms with E-state index in [4.69, 9.17) is 14.6 Å². The molecule has 2 aromatic carbocycles. The van der Waals surface area contributed by atoms with Crippen molar-refractivity contribution in [3.8, 4) is 23.0 Å². The molecule has 2 aliphatic rings. The van der Waals surface area contributed by atoms with E-state index in [-0.39, 0.29) is 30.6 Å². The Balaban J connectivity index is 0.000000258. The quantitative estimate of drug-likeness (QED) is 0.262. The Labute approximate surface area is 242 Å². The van der Waals surface area contributed by atoms with Gasteiger partial charge in [0.15, 0.2) is 23.0 Å². The molecule has 0 aliphatic carbocycles. The fraction of sp³-hybridized carbons (Fsp3) is 0.333. The minimum Gasteiger partial charge on any atom is -0.504 e. The maximum Gasteiger partial charge on any atom is 0.338 e. The molecule has 2 aliphatic heterocycles. The van der Waals surface area contributed by atoms with Crippen LogP contribution in [0.2, 0.25) is 0 Å². The summed E-state index contributed by atoms with van der Waals surface area (Å²) in [6.07, 6.45) is 5.54. The Morgan fingerprint density at radius 3 is 1.88 bits per heavy atom. The monoisotopic (exact) mass is 586 g/mol. The molecule has 42 heavy (non-hydrogen) atoms.